The molecule has 1 aromatic heterocycles. The predicted octanol–water partition coefficient (Wildman–Crippen LogP) is 1.72. The summed E-state index contributed by atoms with van der Waals surface area (Å²) in [5.74, 6) is 1.89. The molecular weight excluding hydrogens is 212 g/mol. The molecule has 4 nitrogen and oxygen atoms in total. The zero-order valence-electron chi connectivity index (χ0n) is 11.2. The number of rotatable bonds is 3. The third-order valence-electron chi connectivity index (χ3n) is 2.99. The molecule has 2 N–H and O–H groups in total. The number of aryl methyl sites for hydroxylation is 1. The van der Waals surface area contributed by atoms with Gasteiger partial charge < -0.3 is 10.6 Å². The van der Waals surface area contributed by atoms with Gasteiger partial charge in [-0.25, -0.2) is 9.97 Å². The van der Waals surface area contributed by atoms with Crippen LogP contribution in [0.4, 0.5) is 5.82 Å². The quantitative estimate of drug-likeness (QED) is 0.836. The van der Waals surface area contributed by atoms with Gasteiger partial charge in [0.1, 0.15) is 11.6 Å². The van der Waals surface area contributed by atoms with Gasteiger partial charge in [0.25, 0.3) is 0 Å². The zero-order chi connectivity index (χ0) is 12.5. The highest BCUT2D eigenvalue weighted by atomic mass is 15.1. The van der Waals surface area contributed by atoms with Crippen molar-refractivity contribution in [3.8, 4) is 0 Å². The van der Waals surface area contributed by atoms with Crippen molar-refractivity contribution in [1.82, 2.24) is 15.3 Å². The second-order valence-corrected chi connectivity index (χ2v) is 5.66. The van der Waals surface area contributed by atoms with E-state index in [0.717, 1.165) is 36.8 Å². The molecule has 0 unspecified atom stereocenters. The lowest BCUT2D eigenvalue weighted by molar-refractivity contribution is 0.470. The molecule has 0 bridgehead atoms. The normalized spacial score (nSPS) is 16.7. The fraction of sp³-hybridized carbons (Fsp3) is 0.692. The van der Waals surface area contributed by atoms with Gasteiger partial charge in [0.15, 0.2) is 0 Å². The van der Waals surface area contributed by atoms with Crippen LogP contribution in [0.2, 0.25) is 0 Å². The Morgan fingerprint density at radius 2 is 2.06 bits per heavy atom. The molecule has 1 fully saturated rings. The molecule has 0 atom stereocenters. The summed E-state index contributed by atoms with van der Waals surface area (Å²) in [5, 5.41) is 6.70. The number of nitrogens with one attached hydrogen (secondary N) is 2. The summed E-state index contributed by atoms with van der Waals surface area (Å²) in [4.78, 5) is 9.14. The second kappa shape index (κ2) is 4.61. The molecule has 94 valence electrons. The minimum absolute atomic E-state index is 0.0706. The van der Waals surface area contributed by atoms with E-state index >= 15 is 0 Å². The Labute approximate surface area is 103 Å². The van der Waals surface area contributed by atoms with E-state index in [2.05, 4.69) is 54.4 Å². The van der Waals surface area contributed by atoms with Gasteiger partial charge >= 0.3 is 0 Å². The van der Waals surface area contributed by atoms with Crippen LogP contribution in [-0.2, 0) is 11.8 Å². The van der Waals surface area contributed by atoms with Crippen LogP contribution in [-0.4, -0.2) is 29.1 Å². The molecule has 0 aromatic carbocycles. The minimum atomic E-state index is 0.0706. The molecule has 0 saturated carbocycles. The summed E-state index contributed by atoms with van der Waals surface area (Å²) in [7, 11) is 0. The molecule has 1 aliphatic heterocycles. The lowest BCUT2D eigenvalue weighted by Gasteiger charge is -2.29. The predicted molar refractivity (Wildman–Crippen MR) is 70.4 cm³/mol. The Balaban J connectivity index is 2.24. The van der Waals surface area contributed by atoms with Crippen LogP contribution >= 0.6 is 0 Å². The van der Waals surface area contributed by atoms with E-state index in [-0.39, 0.29) is 5.41 Å². The molecule has 0 aliphatic carbocycles. The van der Waals surface area contributed by atoms with Gasteiger partial charge in [0, 0.05) is 31.0 Å². The summed E-state index contributed by atoms with van der Waals surface area (Å²) in [5.41, 5.74) is 1.18. The van der Waals surface area contributed by atoms with Gasteiger partial charge in [-0.2, -0.15) is 0 Å². The summed E-state index contributed by atoms with van der Waals surface area (Å²) in [6.07, 6.45) is 0.877. The van der Waals surface area contributed by atoms with Crippen molar-refractivity contribution in [3.05, 3.63) is 17.6 Å². The smallest absolute Gasteiger partial charge is 0.130 e. The van der Waals surface area contributed by atoms with Gasteiger partial charge in [0.05, 0.1) is 11.7 Å². The SMILES string of the molecule is CCc1nc(NC2CNC2)cc(C(C)(C)C)n1. The highest BCUT2D eigenvalue weighted by molar-refractivity contribution is 5.39. The maximum atomic E-state index is 4.61. The van der Waals surface area contributed by atoms with E-state index in [1.165, 1.54) is 0 Å². The van der Waals surface area contributed by atoms with Gasteiger partial charge in [0.2, 0.25) is 0 Å². The third kappa shape index (κ3) is 2.94. The highest BCUT2D eigenvalue weighted by Crippen LogP contribution is 2.22. The van der Waals surface area contributed by atoms with Crippen molar-refractivity contribution in [2.45, 2.75) is 45.6 Å². The van der Waals surface area contributed by atoms with Crippen LogP contribution in [0.1, 0.15) is 39.2 Å². The second-order valence-electron chi connectivity index (χ2n) is 5.66. The maximum absolute atomic E-state index is 4.61. The minimum Gasteiger partial charge on any atom is -0.365 e. The number of aromatic nitrogens is 2. The van der Waals surface area contributed by atoms with Crippen LogP contribution in [0.3, 0.4) is 0 Å². The lowest BCUT2D eigenvalue weighted by Crippen LogP contribution is -2.51. The molecule has 2 rings (SSSR count). The zero-order valence-corrected chi connectivity index (χ0v) is 11.2. The highest BCUT2D eigenvalue weighted by Gasteiger charge is 2.20. The first kappa shape index (κ1) is 12.3. The summed E-state index contributed by atoms with van der Waals surface area (Å²) < 4.78 is 0. The van der Waals surface area contributed by atoms with Crippen LogP contribution in [0.15, 0.2) is 6.07 Å². The number of anilines is 1. The third-order valence-corrected chi connectivity index (χ3v) is 2.99. The molecule has 1 aromatic rings. The molecule has 17 heavy (non-hydrogen) atoms. The molecule has 4 heteroatoms. The number of hydrogen-bond donors (Lipinski definition) is 2. The van der Waals surface area contributed by atoms with Gasteiger partial charge in [-0.1, -0.05) is 27.7 Å². The Morgan fingerprint density at radius 1 is 1.35 bits per heavy atom. The first-order valence-electron chi connectivity index (χ1n) is 6.34. The monoisotopic (exact) mass is 234 g/mol. The van der Waals surface area contributed by atoms with Crippen molar-refractivity contribution < 1.29 is 0 Å². The first-order chi connectivity index (χ1) is 7.99. The van der Waals surface area contributed by atoms with Gasteiger partial charge in [-0.15, -0.1) is 0 Å². The van der Waals surface area contributed by atoms with E-state index < -0.39 is 0 Å². The van der Waals surface area contributed by atoms with E-state index in [1.54, 1.807) is 0 Å². The topological polar surface area (TPSA) is 49.8 Å². The average Bonchev–Trinajstić information content (AvgIpc) is 2.22. The van der Waals surface area contributed by atoms with E-state index in [1.807, 2.05) is 0 Å². The van der Waals surface area contributed by atoms with Crippen molar-refractivity contribution in [3.63, 3.8) is 0 Å². The maximum Gasteiger partial charge on any atom is 0.130 e. The van der Waals surface area contributed by atoms with Crippen molar-refractivity contribution in [1.29, 1.82) is 0 Å². The van der Waals surface area contributed by atoms with E-state index in [0.29, 0.717) is 6.04 Å². The molecule has 1 aliphatic rings. The van der Waals surface area contributed by atoms with Crippen molar-refractivity contribution in [2.24, 2.45) is 0 Å². The first-order valence-corrected chi connectivity index (χ1v) is 6.34. The van der Waals surface area contributed by atoms with E-state index in [4.69, 9.17) is 0 Å². The van der Waals surface area contributed by atoms with Crippen LogP contribution in [0.25, 0.3) is 0 Å². The van der Waals surface area contributed by atoms with E-state index in [9.17, 15) is 0 Å². The van der Waals surface area contributed by atoms with Crippen LogP contribution in [0, 0.1) is 0 Å². The summed E-state index contributed by atoms with van der Waals surface area (Å²) in [6, 6.07) is 2.60. The summed E-state index contributed by atoms with van der Waals surface area (Å²) in [6.45, 7) is 10.7. The van der Waals surface area contributed by atoms with Gasteiger partial charge in [-0.05, 0) is 0 Å². The fourth-order valence-electron chi connectivity index (χ4n) is 1.71. The van der Waals surface area contributed by atoms with Gasteiger partial charge in [-0.3, -0.25) is 0 Å². The Bertz CT molecular complexity index is 391. The molecule has 0 amide bonds. The molecular formula is C13H22N4. The molecule has 0 spiro atoms. The number of hydrogen-bond acceptors (Lipinski definition) is 4. The fourth-order valence-corrected chi connectivity index (χ4v) is 1.71. The molecule has 1 saturated heterocycles. The Hall–Kier alpha value is -1.16. The molecule has 2 heterocycles. The standard InChI is InChI=1S/C13H22N4/c1-5-11-16-10(13(2,3)4)6-12(17-11)15-9-7-14-8-9/h6,9,14H,5,7-8H2,1-4H3,(H,15,16,17). The summed E-state index contributed by atoms with van der Waals surface area (Å²) >= 11 is 0. The van der Waals surface area contributed by atoms with Crippen molar-refractivity contribution in [2.75, 3.05) is 18.4 Å². The Kier molecular flexibility index (Phi) is 3.33. The average molecular weight is 234 g/mol. The Morgan fingerprint density at radius 3 is 2.53 bits per heavy atom. The van der Waals surface area contributed by atoms with Crippen LogP contribution < -0.4 is 10.6 Å². The van der Waals surface area contributed by atoms with Crippen LogP contribution in [0.5, 0.6) is 0 Å². The molecule has 0 radical (unpaired) electrons. The van der Waals surface area contributed by atoms with Crippen molar-refractivity contribution >= 4 is 5.82 Å². The number of nitrogens with zero attached hydrogens (tertiary/aromatic N) is 2. The largest absolute Gasteiger partial charge is 0.365 e. The lowest BCUT2D eigenvalue weighted by atomic mass is 9.92.